The van der Waals surface area contributed by atoms with Crippen LogP contribution in [0.3, 0.4) is 0 Å². The minimum Gasteiger partial charge on any atom is -0.335 e. The highest BCUT2D eigenvalue weighted by molar-refractivity contribution is 5.76. The molecule has 0 radical (unpaired) electrons. The van der Waals surface area contributed by atoms with Gasteiger partial charge >= 0.3 is 6.03 Å². The number of nitrogens with one attached hydrogen (secondary N) is 1. The molecule has 0 aromatic heterocycles. The van der Waals surface area contributed by atoms with Gasteiger partial charge in [0.1, 0.15) is 0 Å². The Balaban J connectivity index is 1.97. The molecule has 0 spiro atoms. The molecule has 3 nitrogen and oxygen atoms in total. The Morgan fingerprint density at radius 2 is 2.29 bits per heavy atom. The van der Waals surface area contributed by atoms with Gasteiger partial charge in [-0.25, -0.2) is 4.79 Å². The molecule has 1 N–H and O–H groups in total. The molecule has 2 amide bonds. The van der Waals surface area contributed by atoms with E-state index in [2.05, 4.69) is 19.2 Å². The minimum absolute atomic E-state index is 0.110. The first-order chi connectivity index (χ1) is 6.65. The number of nitrogens with zero attached hydrogens (tertiary/aromatic N) is 1. The summed E-state index contributed by atoms with van der Waals surface area (Å²) in [7, 11) is 0. The van der Waals surface area contributed by atoms with Crippen LogP contribution >= 0.6 is 0 Å². The van der Waals surface area contributed by atoms with Gasteiger partial charge in [0.05, 0.1) is 0 Å². The molecule has 1 aliphatic carbocycles. The summed E-state index contributed by atoms with van der Waals surface area (Å²) < 4.78 is 0. The molecule has 0 unspecified atom stereocenters. The fraction of sp³-hybridized carbons (Fsp3) is 0.909. The van der Waals surface area contributed by atoms with Crippen molar-refractivity contribution < 1.29 is 4.79 Å². The molecule has 0 bridgehead atoms. The summed E-state index contributed by atoms with van der Waals surface area (Å²) in [5.41, 5.74) is 0.110. The average Bonchev–Trinajstić information content (AvgIpc) is 2.88. The molecule has 3 heteroatoms. The maximum atomic E-state index is 11.9. The van der Waals surface area contributed by atoms with E-state index in [0.717, 1.165) is 25.8 Å². The first-order valence-corrected chi connectivity index (χ1v) is 5.74. The second-order valence-electron chi connectivity index (χ2n) is 4.83. The van der Waals surface area contributed by atoms with Crippen molar-refractivity contribution in [2.75, 3.05) is 6.54 Å². The molecule has 80 valence electrons. The van der Waals surface area contributed by atoms with E-state index in [1.54, 1.807) is 0 Å². The summed E-state index contributed by atoms with van der Waals surface area (Å²) in [6, 6.07) is 0.638. The van der Waals surface area contributed by atoms with Crippen LogP contribution in [0.25, 0.3) is 0 Å². The van der Waals surface area contributed by atoms with Crippen LogP contribution in [0.1, 0.15) is 46.0 Å². The fourth-order valence-electron chi connectivity index (χ4n) is 2.22. The van der Waals surface area contributed by atoms with E-state index in [1.807, 2.05) is 4.90 Å². The summed E-state index contributed by atoms with van der Waals surface area (Å²) in [4.78, 5) is 13.9. The summed E-state index contributed by atoms with van der Waals surface area (Å²) in [5, 5.41) is 3.07. The topological polar surface area (TPSA) is 32.3 Å². The quantitative estimate of drug-likeness (QED) is 0.721. The van der Waals surface area contributed by atoms with E-state index in [4.69, 9.17) is 0 Å². The van der Waals surface area contributed by atoms with Crippen molar-refractivity contribution in [1.82, 2.24) is 10.2 Å². The predicted molar refractivity (Wildman–Crippen MR) is 56.2 cm³/mol. The second kappa shape index (κ2) is 3.44. The van der Waals surface area contributed by atoms with Gasteiger partial charge in [0.15, 0.2) is 0 Å². The van der Waals surface area contributed by atoms with E-state index in [9.17, 15) is 4.79 Å². The van der Waals surface area contributed by atoms with Crippen molar-refractivity contribution in [3.05, 3.63) is 0 Å². The van der Waals surface area contributed by atoms with Crippen molar-refractivity contribution in [3.8, 4) is 0 Å². The fourth-order valence-corrected chi connectivity index (χ4v) is 2.22. The van der Waals surface area contributed by atoms with Crippen molar-refractivity contribution in [1.29, 1.82) is 0 Å². The summed E-state index contributed by atoms with van der Waals surface area (Å²) in [5.74, 6) is 0. The Morgan fingerprint density at radius 3 is 2.86 bits per heavy atom. The van der Waals surface area contributed by atoms with Crippen LogP contribution in [0.4, 0.5) is 4.79 Å². The van der Waals surface area contributed by atoms with E-state index >= 15 is 0 Å². The standard InChI is InChI=1S/C11H20N2O/c1-3-11(2)7-4-8-13(11)10(14)12-9-5-6-9/h9H,3-8H2,1-2H3,(H,12,14)/t11-/m1/s1. The molecule has 1 atom stereocenters. The second-order valence-corrected chi connectivity index (χ2v) is 4.83. The summed E-state index contributed by atoms with van der Waals surface area (Å²) in [6.07, 6.45) is 5.71. The highest BCUT2D eigenvalue weighted by Crippen LogP contribution is 2.32. The molecule has 2 rings (SSSR count). The van der Waals surface area contributed by atoms with Crippen LogP contribution in [0.15, 0.2) is 0 Å². The van der Waals surface area contributed by atoms with Crippen molar-refractivity contribution >= 4 is 6.03 Å². The van der Waals surface area contributed by atoms with Crippen LogP contribution < -0.4 is 5.32 Å². The molecule has 0 aromatic rings. The maximum absolute atomic E-state index is 11.9. The zero-order chi connectivity index (χ0) is 10.2. The Bertz CT molecular complexity index is 237. The molecule has 1 saturated heterocycles. The van der Waals surface area contributed by atoms with E-state index in [0.29, 0.717) is 6.04 Å². The molecule has 1 aliphatic heterocycles. The largest absolute Gasteiger partial charge is 0.335 e. The zero-order valence-electron chi connectivity index (χ0n) is 9.18. The normalized spacial score (nSPS) is 32.0. The molecular weight excluding hydrogens is 176 g/mol. The number of urea groups is 1. The van der Waals surface area contributed by atoms with Gasteiger partial charge in [0, 0.05) is 18.1 Å². The Morgan fingerprint density at radius 1 is 1.57 bits per heavy atom. The number of carbonyl (C=O) groups excluding carboxylic acids is 1. The van der Waals surface area contributed by atoms with Crippen molar-refractivity contribution in [2.45, 2.75) is 57.5 Å². The molecule has 1 saturated carbocycles. The van der Waals surface area contributed by atoms with Gasteiger partial charge in [-0.2, -0.15) is 0 Å². The van der Waals surface area contributed by atoms with Crippen LogP contribution in [0, 0.1) is 0 Å². The number of hydrogen-bond acceptors (Lipinski definition) is 1. The molecular formula is C11H20N2O. The highest BCUT2D eigenvalue weighted by Gasteiger charge is 2.39. The summed E-state index contributed by atoms with van der Waals surface area (Å²) in [6.45, 7) is 5.30. The lowest BCUT2D eigenvalue weighted by molar-refractivity contribution is 0.152. The lowest BCUT2D eigenvalue weighted by Crippen LogP contribution is -2.49. The van der Waals surface area contributed by atoms with E-state index in [1.165, 1.54) is 12.8 Å². The number of amides is 2. The van der Waals surface area contributed by atoms with Crippen LogP contribution in [-0.4, -0.2) is 29.1 Å². The molecule has 2 aliphatic rings. The third-order valence-corrected chi connectivity index (χ3v) is 3.66. The number of likely N-dealkylation sites (tertiary alicyclic amines) is 1. The van der Waals surface area contributed by atoms with Gasteiger partial charge in [-0.05, 0) is 39.0 Å². The first kappa shape index (κ1) is 9.81. The maximum Gasteiger partial charge on any atom is 0.318 e. The van der Waals surface area contributed by atoms with Crippen LogP contribution in [-0.2, 0) is 0 Å². The first-order valence-electron chi connectivity index (χ1n) is 5.74. The predicted octanol–water partition coefficient (Wildman–Crippen LogP) is 2.12. The number of hydrogen-bond donors (Lipinski definition) is 1. The lowest BCUT2D eigenvalue weighted by Gasteiger charge is -2.34. The smallest absolute Gasteiger partial charge is 0.318 e. The lowest BCUT2D eigenvalue weighted by atomic mass is 9.96. The minimum atomic E-state index is 0.110. The van der Waals surface area contributed by atoms with Crippen LogP contribution in [0.5, 0.6) is 0 Å². The Labute approximate surface area is 85.8 Å². The number of carbonyl (C=O) groups is 1. The van der Waals surface area contributed by atoms with Gasteiger partial charge in [0.25, 0.3) is 0 Å². The highest BCUT2D eigenvalue weighted by atomic mass is 16.2. The summed E-state index contributed by atoms with van der Waals surface area (Å²) >= 11 is 0. The zero-order valence-corrected chi connectivity index (χ0v) is 9.18. The van der Waals surface area contributed by atoms with Gasteiger partial charge < -0.3 is 10.2 Å². The molecule has 14 heavy (non-hydrogen) atoms. The SMILES string of the molecule is CC[C@]1(C)CCCN1C(=O)NC1CC1. The van der Waals surface area contributed by atoms with E-state index < -0.39 is 0 Å². The number of rotatable bonds is 2. The van der Waals surface area contributed by atoms with Gasteiger partial charge in [0.2, 0.25) is 0 Å². The van der Waals surface area contributed by atoms with Crippen molar-refractivity contribution in [3.63, 3.8) is 0 Å². The molecule has 1 heterocycles. The average molecular weight is 196 g/mol. The van der Waals surface area contributed by atoms with Crippen LogP contribution in [0.2, 0.25) is 0 Å². The molecule has 0 aromatic carbocycles. The van der Waals surface area contributed by atoms with Crippen molar-refractivity contribution in [2.24, 2.45) is 0 Å². The monoisotopic (exact) mass is 196 g/mol. The Kier molecular flexibility index (Phi) is 2.41. The van der Waals surface area contributed by atoms with Gasteiger partial charge in [-0.3, -0.25) is 0 Å². The third-order valence-electron chi connectivity index (χ3n) is 3.66. The third kappa shape index (κ3) is 1.72. The molecule has 2 fully saturated rings. The van der Waals surface area contributed by atoms with Gasteiger partial charge in [-0.15, -0.1) is 0 Å². The van der Waals surface area contributed by atoms with Gasteiger partial charge in [-0.1, -0.05) is 6.92 Å². The Hall–Kier alpha value is -0.730. The van der Waals surface area contributed by atoms with E-state index in [-0.39, 0.29) is 11.6 Å².